The lowest BCUT2D eigenvalue weighted by Crippen LogP contribution is -2.53. The molecule has 0 fully saturated rings. The number of Topliss-reactive ketones (excluding diaryl/α,β-unsaturated/α-hetero) is 1. The average Bonchev–Trinajstić information content (AvgIpc) is 2.24. The molecule has 0 aliphatic heterocycles. The van der Waals surface area contributed by atoms with Gasteiger partial charge in [0, 0.05) is 5.92 Å². The van der Waals surface area contributed by atoms with E-state index >= 15 is 0 Å². The van der Waals surface area contributed by atoms with Crippen molar-refractivity contribution < 1.29 is 24.5 Å². The van der Waals surface area contributed by atoms with Crippen LogP contribution >= 0.6 is 0 Å². The first-order chi connectivity index (χ1) is 6.81. The molecule has 0 rings (SSSR count). The molecule has 0 heterocycles. The van der Waals surface area contributed by atoms with E-state index in [0.29, 0.717) is 0 Å². The zero-order valence-electron chi connectivity index (χ0n) is 9.48. The first-order valence-electron chi connectivity index (χ1n) is 4.77. The molecular formula is C10H18O5. The van der Waals surface area contributed by atoms with Crippen LogP contribution in [0.25, 0.3) is 0 Å². The highest BCUT2D eigenvalue weighted by molar-refractivity contribution is 6.08. The Balaban J connectivity index is 4.96. The van der Waals surface area contributed by atoms with E-state index in [-0.39, 0.29) is 5.92 Å². The van der Waals surface area contributed by atoms with Gasteiger partial charge >= 0.3 is 5.97 Å². The zero-order chi connectivity index (χ0) is 12.2. The van der Waals surface area contributed by atoms with Gasteiger partial charge in [0.05, 0.1) is 13.7 Å². The molecule has 0 aliphatic rings. The van der Waals surface area contributed by atoms with E-state index in [0.717, 1.165) is 7.11 Å². The highest BCUT2D eigenvalue weighted by atomic mass is 16.5. The summed E-state index contributed by atoms with van der Waals surface area (Å²) < 4.78 is 4.29. The Morgan fingerprint density at radius 3 is 2.07 bits per heavy atom. The Morgan fingerprint density at radius 2 is 1.80 bits per heavy atom. The van der Waals surface area contributed by atoms with Gasteiger partial charge < -0.3 is 14.9 Å². The van der Waals surface area contributed by atoms with Gasteiger partial charge in [-0.15, -0.1) is 0 Å². The third-order valence-electron chi connectivity index (χ3n) is 2.57. The fourth-order valence-electron chi connectivity index (χ4n) is 1.09. The van der Waals surface area contributed by atoms with Gasteiger partial charge in [-0.2, -0.15) is 0 Å². The van der Waals surface area contributed by atoms with Crippen LogP contribution in [0.5, 0.6) is 0 Å². The summed E-state index contributed by atoms with van der Waals surface area (Å²) in [5, 5.41) is 18.6. The number of carbonyl (C=O) groups excluding carboxylic acids is 2. The van der Waals surface area contributed by atoms with Gasteiger partial charge in [0.25, 0.3) is 0 Å². The molecule has 0 aromatic rings. The van der Waals surface area contributed by atoms with Crippen molar-refractivity contribution in [2.24, 2.45) is 11.8 Å². The summed E-state index contributed by atoms with van der Waals surface area (Å²) in [6.45, 7) is 4.21. The molecule has 0 radical (unpaired) electrons. The van der Waals surface area contributed by atoms with Crippen LogP contribution in [0.1, 0.15) is 20.8 Å². The molecule has 88 valence electrons. The lowest BCUT2D eigenvalue weighted by molar-refractivity contribution is -0.174. The Bertz CT molecular complexity index is 248. The average molecular weight is 218 g/mol. The molecule has 5 nitrogen and oxygen atoms in total. The maximum atomic E-state index is 11.7. The van der Waals surface area contributed by atoms with Gasteiger partial charge in [0.2, 0.25) is 5.60 Å². The van der Waals surface area contributed by atoms with Gasteiger partial charge in [-0.25, -0.2) is 4.79 Å². The van der Waals surface area contributed by atoms with Gasteiger partial charge in [-0.3, -0.25) is 4.79 Å². The van der Waals surface area contributed by atoms with E-state index in [1.54, 1.807) is 20.8 Å². The number of hydrogen-bond donors (Lipinski definition) is 2. The molecule has 0 saturated carbocycles. The van der Waals surface area contributed by atoms with Crippen LogP contribution in [0.2, 0.25) is 0 Å². The first kappa shape index (κ1) is 14.1. The number of ketones is 1. The summed E-state index contributed by atoms with van der Waals surface area (Å²) >= 11 is 0. The highest BCUT2D eigenvalue weighted by Crippen LogP contribution is 2.20. The van der Waals surface area contributed by atoms with Crippen LogP contribution in [-0.2, 0) is 14.3 Å². The monoisotopic (exact) mass is 218 g/mol. The Morgan fingerprint density at radius 1 is 1.33 bits per heavy atom. The minimum absolute atomic E-state index is 0.0276. The topological polar surface area (TPSA) is 83.8 Å². The highest BCUT2D eigenvalue weighted by Gasteiger charge is 2.46. The summed E-state index contributed by atoms with van der Waals surface area (Å²) in [4.78, 5) is 22.9. The van der Waals surface area contributed by atoms with Crippen molar-refractivity contribution in [3.8, 4) is 0 Å². The smallest absolute Gasteiger partial charge is 0.348 e. The normalized spacial score (nSPS) is 17.0. The van der Waals surface area contributed by atoms with E-state index < -0.39 is 29.9 Å². The maximum absolute atomic E-state index is 11.7. The third kappa shape index (κ3) is 2.76. The lowest BCUT2D eigenvalue weighted by Gasteiger charge is -2.26. The number of hydrogen-bond acceptors (Lipinski definition) is 5. The molecular weight excluding hydrogens is 200 g/mol. The molecule has 0 aromatic carbocycles. The van der Waals surface area contributed by atoms with Crippen molar-refractivity contribution in [3.63, 3.8) is 0 Å². The van der Waals surface area contributed by atoms with Crippen LogP contribution < -0.4 is 0 Å². The van der Waals surface area contributed by atoms with Crippen molar-refractivity contribution >= 4 is 11.8 Å². The second-order valence-electron chi connectivity index (χ2n) is 3.91. The molecule has 0 saturated heterocycles. The summed E-state index contributed by atoms with van der Waals surface area (Å²) in [6.07, 6.45) is 0. The number of aliphatic hydroxyl groups is 2. The van der Waals surface area contributed by atoms with Gasteiger partial charge in [0.1, 0.15) is 0 Å². The second-order valence-corrected chi connectivity index (χ2v) is 3.91. The fourth-order valence-corrected chi connectivity index (χ4v) is 1.09. The van der Waals surface area contributed by atoms with E-state index in [9.17, 15) is 14.7 Å². The number of methoxy groups -OCH3 is 1. The van der Waals surface area contributed by atoms with Crippen molar-refractivity contribution in [1.29, 1.82) is 0 Å². The maximum Gasteiger partial charge on any atom is 0.348 e. The van der Waals surface area contributed by atoms with Crippen molar-refractivity contribution in [3.05, 3.63) is 0 Å². The number of aliphatic hydroxyl groups excluding tert-OH is 1. The number of esters is 1. The predicted molar refractivity (Wildman–Crippen MR) is 53.1 cm³/mol. The predicted octanol–water partition coefficient (Wildman–Crippen LogP) is -0.256. The molecule has 0 aromatic heterocycles. The minimum atomic E-state index is -2.43. The van der Waals surface area contributed by atoms with Gasteiger partial charge in [-0.05, 0) is 5.92 Å². The molecule has 0 bridgehead atoms. The van der Waals surface area contributed by atoms with E-state index in [1.165, 1.54) is 0 Å². The minimum Gasteiger partial charge on any atom is -0.466 e. The standard InChI is InChI=1S/C10H18O5/c1-6(2)7(3)8(12)10(14,5-11)9(13)15-4/h6-7,11,14H,5H2,1-4H3/t7-,10?/m1/s1. The largest absolute Gasteiger partial charge is 0.466 e. The van der Waals surface area contributed by atoms with E-state index in [1.807, 2.05) is 0 Å². The summed E-state index contributed by atoms with van der Waals surface area (Å²) in [5.74, 6) is -2.39. The molecule has 0 spiro atoms. The summed E-state index contributed by atoms with van der Waals surface area (Å²) in [6, 6.07) is 0. The molecule has 0 amide bonds. The van der Waals surface area contributed by atoms with Crippen molar-refractivity contribution in [2.45, 2.75) is 26.4 Å². The SMILES string of the molecule is COC(=O)C(O)(CO)C(=O)[C@H](C)C(C)C. The number of rotatable bonds is 5. The van der Waals surface area contributed by atoms with E-state index in [2.05, 4.69) is 4.74 Å². The molecule has 2 N–H and O–H groups in total. The van der Waals surface area contributed by atoms with Gasteiger partial charge in [0.15, 0.2) is 5.78 Å². The van der Waals surface area contributed by atoms with Crippen LogP contribution in [0, 0.1) is 11.8 Å². The second kappa shape index (κ2) is 5.23. The Hall–Kier alpha value is -0.940. The van der Waals surface area contributed by atoms with Crippen LogP contribution in [0.3, 0.4) is 0 Å². The Labute approximate surface area is 89.0 Å². The molecule has 1 unspecified atom stereocenters. The molecule has 0 aliphatic carbocycles. The number of ether oxygens (including phenoxy) is 1. The van der Waals surface area contributed by atoms with Crippen LogP contribution in [0.15, 0.2) is 0 Å². The fraction of sp³-hybridized carbons (Fsp3) is 0.800. The number of carbonyl (C=O) groups is 2. The Kier molecular flexibility index (Phi) is 4.90. The van der Waals surface area contributed by atoms with Crippen LogP contribution in [-0.4, -0.2) is 41.3 Å². The molecule has 5 heteroatoms. The first-order valence-corrected chi connectivity index (χ1v) is 4.77. The van der Waals surface area contributed by atoms with Gasteiger partial charge in [-0.1, -0.05) is 20.8 Å². The van der Waals surface area contributed by atoms with Crippen LogP contribution in [0.4, 0.5) is 0 Å². The van der Waals surface area contributed by atoms with E-state index in [4.69, 9.17) is 5.11 Å². The van der Waals surface area contributed by atoms with Crippen molar-refractivity contribution in [1.82, 2.24) is 0 Å². The summed E-state index contributed by atoms with van der Waals surface area (Å²) in [5.41, 5.74) is -2.43. The zero-order valence-corrected chi connectivity index (χ0v) is 9.48. The molecule has 15 heavy (non-hydrogen) atoms. The van der Waals surface area contributed by atoms with Crippen molar-refractivity contribution in [2.75, 3.05) is 13.7 Å². The third-order valence-corrected chi connectivity index (χ3v) is 2.57. The summed E-state index contributed by atoms with van der Waals surface area (Å²) in [7, 11) is 1.05. The lowest BCUT2D eigenvalue weighted by atomic mass is 9.84. The molecule has 2 atom stereocenters. The quantitative estimate of drug-likeness (QED) is 0.491.